The van der Waals surface area contributed by atoms with E-state index in [4.69, 9.17) is 9.15 Å². The standard InChI is InChI=1S/C18H20N2O6/c1-3-25-18(22)14-9-13(10-15(11-14)20(23)24)17(21)19-12(2)6-7-16-5-4-8-26-16/h4-5,8-12H,3,6-7H2,1-2H3,(H,19,21)/t12-/m1/s1. The van der Waals surface area contributed by atoms with Crippen LogP contribution >= 0.6 is 0 Å². The SMILES string of the molecule is CCOC(=O)c1cc(C(=O)N[C@H](C)CCc2ccco2)cc([N+](=O)[O-])c1. The van der Waals surface area contributed by atoms with Gasteiger partial charge in [-0.25, -0.2) is 4.79 Å². The number of hydrogen-bond donors (Lipinski definition) is 1. The number of benzene rings is 1. The summed E-state index contributed by atoms with van der Waals surface area (Å²) in [5, 5.41) is 13.8. The van der Waals surface area contributed by atoms with E-state index in [1.807, 2.05) is 13.0 Å². The lowest BCUT2D eigenvalue weighted by molar-refractivity contribution is -0.384. The summed E-state index contributed by atoms with van der Waals surface area (Å²) in [6.45, 7) is 3.58. The van der Waals surface area contributed by atoms with Gasteiger partial charge >= 0.3 is 5.97 Å². The minimum atomic E-state index is -0.712. The molecule has 0 aliphatic carbocycles. The Kier molecular flexibility index (Phi) is 6.48. The van der Waals surface area contributed by atoms with Crippen LogP contribution in [0.5, 0.6) is 0 Å². The summed E-state index contributed by atoms with van der Waals surface area (Å²) in [5.74, 6) is -0.395. The zero-order valence-corrected chi connectivity index (χ0v) is 14.6. The number of furan rings is 1. The van der Waals surface area contributed by atoms with Crippen LogP contribution in [0.15, 0.2) is 41.0 Å². The van der Waals surface area contributed by atoms with Gasteiger partial charge < -0.3 is 14.5 Å². The lowest BCUT2D eigenvalue weighted by Gasteiger charge is -2.13. The number of rotatable bonds is 8. The number of amides is 1. The molecule has 0 aliphatic heterocycles. The molecule has 26 heavy (non-hydrogen) atoms. The van der Waals surface area contributed by atoms with Crippen LogP contribution in [-0.2, 0) is 11.2 Å². The lowest BCUT2D eigenvalue weighted by atomic mass is 10.1. The van der Waals surface area contributed by atoms with Crippen molar-refractivity contribution in [1.29, 1.82) is 0 Å². The van der Waals surface area contributed by atoms with Crippen molar-refractivity contribution in [3.8, 4) is 0 Å². The van der Waals surface area contributed by atoms with E-state index < -0.39 is 16.8 Å². The van der Waals surface area contributed by atoms with Gasteiger partial charge in [-0.15, -0.1) is 0 Å². The number of hydrogen-bond acceptors (Lipinski definition) is 6. The van der Waals surface area contributed by atoms with Gasteiger partial charge in [0.15, 0.2) is 0 Å². The molecular weight excluding hydrogens is 340 g/mol. The number of non-ortho nitro benzene ring substituents is 1. The number of aryl methyl sites for hydroxylation is 1. The Balaban J connectivity index is 2.10. The maximum absolute atomic E-state index is 12.4. The van der Waals surface area contributed by atoms with E-state index in [1.54, 1.807) is 19.3 Å². The molecular formula is C18H20N2O6. The van der Waals surface area contributed by atoms with E-state index >= 15 is 0 Å². The molecule has 0 radical (unpaired) electrons. The zero-order chi connectivity index (χ0) is 19.1. The van der Waals surface area contributed by atoms with Crippen molar-refractivity contribution in [1.82, 2.24) is 5.32 Å². The van der Waals surface area contributed by atoms with Gasteiger partial charge in [-0.1, -0.05) is 0 Å². The van der Waals surface area contributed by atoms with Gasteiger partial charge in [0.1, 0.15) is 5.76 Å². The average molecular weight is 360 g/mol. The van der Waals surface area contributed by atoms with Crippen LogP contribution in [0.25, 0.3) is 0 Å². The molecule has 0 spiro atoms. The zero-order valence-electron chi connectivity index (χ0n) is 14.6. The summed E-state index contributed by atoms with van der Waals surface area (Å²) in [5.41, 5.74) is -0.342. The molecule has 0 unspecified atom stereocenters. The van der Waals surface area contributed by atoms with E-state index in [0.29, 0.717) is 12.8 Å². The highest BCUT2D eigenvalue weighted by molar-refractivity contribution is 5.99. The molecule has 0 aliphatic rings. The molecule has 8 nitrogen and oxygen atoms in total. The fraction of sp³-hybridized carbons (Fsp3) is 0.333. The van der Waals surface area contributed by atoms with Crippen LogP contribution in [0.1, 0.15) is 46.7 Å². The van der Waals surface area contributed by atoms with Crippen molar-refractivity contribution in [3.05, 3.63) is 63.6 Å². The topological polar surface area (TPSA) is 112 Å². The first kappa shape index (κ1) is 19.2. The number of nitro benzene ring substituents is 1. The summed E-state index contributed by atoms with van der Waals surface area (Å²) < 4.78 is 10.1. The van der Waals surface area contributed by atoms with Crippen LogP contribution in [0.4, 0.5) is 5.69 Å². The Morgan fingerprint density at radius 2 is 2.04 bits per heavy atom. The average Bonchev–Trinajstić information content (AvgIpc) is 3.13. The molecule has 1 N–H and O–H groups in total. The highest BCUT2D eigenvalue weighted by Crippen LogP contribution is 2.18. The Bertz CT molecular complexity index is 785. The summed E-state index contributed by atoms with van der Waals surface area (Å²) in [6.07, 6.45) is 2.87. The minimum Gasteiger partial charge on any atom is -0.469 e. The molecule has 1 amide bonds. The van der Waals surface area contributed by atoms with E-state index in [1.165, 1.54) is 6.07 Å². The van der Waals surface area contributed by atoms with Gasteiger partial charge in [0.25, 0.3) is 11.6 Å². The fourth-order valence-corrected chi connectivity index (χ4v) is 2.37. The Morgan fingerprint density at radius 1 is 1.31 bits per heavy atom. The predicted molar refractivity (Wildman–Crippen MR) is 93.0 cm³/mol. The lowest BCUT2D eigenvalue weighted by Crippen LogP contribution is -2.33. The van der Waals surface area contributed by atoms with Gasteiger partial charge in [-0.05, 0) is 38.5 Å². The molecule has 8 heteroatoms. The third kappa shape index (κ3) is 5.17. The van der Waals surface area contributed by atoms with Gasteiger partial charge in [-0.3, -0.25) is 14.9 Å². The molecule has 138 valence electrons. The first-order chi connectivity index (χ1) is 12.4. The summed E-state index contributed by atoms with van der Waals surface area (Å²) in [4.78, 5) is 34.7. The molecule has 0 saturated heterocycles. The second-order valence-corrected chi connectivity index (χ2v) is 5.74. The quantitative estimate of drug-likeness (QED) is 0.440. The number of nitro groups is 1. The van der Waals surface area contributed by atoms with Crippen LogP contribution in [0, 0.1) is 10.1 Å². The summed E-state index contributed by atoms with van der Waals surface area (Å²) in [7, 11) is 0. The van der Waals surface area contributed by atoms with Crippen molar-refractivity contribution in [2.75, 3.05) is 6.61 Å². The van der Waals surface area contributed by atoms with Gasteiger partial charge in [0, 0.05) is 30.2 Å². The highest BCUT2D eigenvalue weighted by Gasteiger charge is 2.19. The maximum Gasteiger partial charge on any atom is 0.338 e. The van der Waals surface area contributed by atoms with Crippen LogP contribution in [-0.4, -0.2) is 29.4 Å². The van der Waals surface area contributed by atoms with Crippen LogP contribution < -0.4 is 5.32 Å². The predicted octanol–water partition coefficient (Wildman–Crippen LogP) is 3.12. The molecule has 0 saturated carbocycles. The van der Waals surface area contributed by atoms with Crippen molar-refractivity contribution in [2.24, 2.45) is 0 Å². The number of ether oxygens (including phenoxy) is 1. The first-order valence-corrected chi connectivity index (χ1v) is 8.20. The van der Waals surface area contributed by atoms with Crippen molar-refractivity contribution >= 4 is 17.6 Å². The Morgan fingerprint density at radius 3 is 2.65 bits per heavy atom. The number of nitrogens with zero attached hydrogens (tertiary/aromatic N) is 1. The number of carbonyl (C=O) groups excluding carboxylic acids is 2. The van der Waals surface area contributed by atoms with Gasteiger partial charge in [0.05, 0.1) is 23.4 Å². The van der Waals surface area contributed by atoms with Gasteiger partial charge in [-0.2, -0.15) is 0 Å². The highest BCUT2D eigenvalue weighted by atomic mass is 16.6. The van der Waals surface area contributed by atoms with E-state index in [2.05, 4.69) is 5.32 Å². The molecule has 1 aromatic carbocycles. The van der Waals surface area contributed by atoms with E-state index in [9.17, 15) is 19.7 Å². The summed E-state index contributed by atoms with van der Waals surface area (Å²) >= 11 is 0. The molecule has 1 heterocycles. The van der Waals surface area contributed by atoms with Crippen LogP contribution in [0.3, 0.4) is 0 Å². The van der Waals surface area contributed by atoms with Crippen molar-refractivity contribution in [2.45, 2.75) is 32.7 Å². The van der Waals surface area contributed by atoms with E-state index in [-0.39, 0.29) is 29.5 Å². The van der Waals surface area contributed by atoms with Crippen LogP contribution in [0.2, 0.25) is 0 Å². The van der Waals surface area contributed by atoms with Crippen molar-refractivity contribution < 1.29 is 23.7 Å². The molecule has 0 fully saturated rings. The maximum atomic E-state index is 12.4. The van der Waals surface area contributed by atoms with E-state index in [0.717, 1.165) is 17.9 Å². The number of carbonyl (C=O) groups is 2. The normalized spacial score (nSPS) is 11.6. The fourth-order valence-electron chi connectivity index (χ4n) is 2.37. The largest absolute Gasteiger partial charge is 0.469 e. The smallest absolute Gasteiger partial charge is 0.338 e. The second kappa shape index (κ2) is 8.80. The Labute approximate surface area is 150 Å². The monoisotopic (exact) mass is 360 g/mol. The molecule has 0 bridgehead atoms. The number of esters is 1. The van der Waals surface area contributed by atoms with Crippen molar-refractivity contribution in [3.63, 3.8) is 0 Å². The minimum absolute atomic E-state index is 0.0329. The second-order valence-electron chi connectivity index (χ2n) is 5.74. The molecule has 1 aromatic heterocycles. The van der Waals surface area contributed by atoms with Gasteiger partial charge in [0.2, 0.25) is 0 Å². The molecule has 1 atom stereocenters. The third-order valence-corrected chi connectivity index (χ3v) is 3.68. The molecule has 2 rings (SSSR count). The first-order valence-electron chi connectivity index (χ1n) is 8.20. The number of nitrogens with one attached hydrogen (secondary N) is 1. The summed E-state index contributed by atoms with van der Waals surface area (Å²) in [6, 6.07) is 6.98. The Hall–Kier alpha value is -3.16. The molecule has 2 aromatic rings. The third-order valence-electron chi connectivity index (χ3n) is 3.68.